The molecule has 1 saturated heterocycles. The number of carbonyl (C=O) groups excluding carboxylic acids is 1. The smallest absolute Gasteiger partial charge is 0.234 e. The zero-order chi connectivity index (χ0) is 17.5. The van der Waals surface area contributed by atoms with E-state index in [0.717, 1.165) is 24.5 Å². The van der Waals surface area contributed by atoms with Crippen molar-refractivity contribution in [3.63, 3.8) is 0 Å². The molecule has 1 N–H and O–H groups in total. The maximum atomic E-state index is 12.3. The van der Waals surface area contributed by atoms with Gasteiger partial charge in [-0.05, 0) is 44.8 Å². The predicted octanol–water partition coefficient (Wildman–Crippen LogP) is 2.95. The van der Waals surface area contributed by atoms with Crippen molar-refractivity contribution in [2.24, 2.45) is 0 Å². The van der Waals surface area contributed by atoms with E-state index in [-0.39, 0.29) is 5.91 Å². The monoisotopic (exact) mass is 344 g/mol. The van der Waals surface area contributed by atoms with E-state index < -0.39 is 0 Å². The van der Waals surface area contributed by atoms with Crippen molar-refractivity contribution in [2.75, 3.05) is 31.6 Å². The van der Waals surface area contributed by atoms with E-state index in [1.165, 1.54) is 51.4 Å². The third-order valence-electron chi connectivity index (χ3n) is 5.62. The number of aromatic nitrogens is 1. The Labute approximate surface area is 151 Å². The van der Waals surface area contributed by atoms with Crippen LogP contribution < -0.4 is 10.2 Å². The molecule has 3 rings (SSSR count). The highest BCUT2D eigenvalue weighted by Gasteiger charge is 2.21. The summed E-state index contributed by atoms with van der Waals surface area (Å²) in [7, 11) is 2.15. The molecule has 1 aromatic rings. The van der Waals surface area contributed by atoms with Gasteiger partial charge < -0.3 is 10.2 Å². The first-order valence-electron chi connectivity index (χ1n) is 9.90. The summed E-state index contributed by atoms with van der Waals surface area (Å²) >= 11 is 0. The number of amides is 1. The van der Waals surface area contributed by atoms with Gasteiger partial charge in [-0.15, -0.1) is 0 Å². The van der Waals surface area contributed by atoms with E-state index in [1.807, 2.05) is 12.3 Å². The van der Waals surface area contributed by atoms with Gasteiger partial charge >= 0.3 is 0 Å². The number of pyridine rings is 1. The van der Waals surface area contributed by atoms with E-state index >= 15 is 0 Å². The van der Waals surface area contributed by atoms with Crippen molar-refractivity contribution >= 4 is 11.7 Å². The van der Waals surface area contributed by atoms with Gasteiger partial charge in [0.15, 0.2) is 0 Å². The summed E-state index contributed by atoms with van der Waals surface area (Å²) in [6.45, 7) is 3.19. The van der Waals surface area contributed by atoms with Crippen LogP contribution in [0.2, 0.25) is 0 Å². The van der Waals surface area contributed by atoms with E-state index in [2.05, 4.69) is 33.2 Å². The van der Waals surface area contributed by atoms with Gasteiger partial charge in [0.1, 0.15) is 5.82 Å². The minimum atomic E-state index is 0.122. The molecule has 0 aromatic carbocycles. The molecule has 0 bridgehead atoms. The van der Waals surface area contributed by atoms with Gasteiger partial charge in [-0.25, -0.2) is 4.98 Å². The van der Waals surface area contributed by atoms with Gasteiger partial charge in [-0.3, -0.25) is 9.69 Å². The van der Waals surface area contributed by atoms with Crippen LogP contribution in [0.15, 0.2) is 18.3 Å². The highest BCUT2D eigenvalue weighted by Crippen LogP contribution is 2.26. The molecule has 2 fully saturated rings. The Kier molecular flexibility index (Phi) is 6.68. The normalized spacial score (nSPS) is 19.6. The molecular formula is C20H32N4O. The zero-order valence-corrected chi connectivity index (χ0v) is 15.5. The molecule has 0 spiro atoms. The first-order chi connectivity index (χ1) is 12.2. The summed E-state index contributed by atoms with van der Waals surface area (Å²) in [5, 5.41) is 3.10. The topological polar surface area (TPSA) is 48.5 Å². The number of nitrogens with zero attached hydrogens (tertiary/aromatic N) is 3. The van der Waals surface area contributed by atoms with Crippen LogP contribution in [0.3, 0.4) is 0 Å². The van der Waals surface area contributed by atoms with E-state index in [1.54, 1.807) is 0 Å². The Bertz CT molecular complexity index is 550. The van der Waals surface area contributed by atoms with E-state index in [0.29, 0.717) is 19.1 Å². The number of nitrogens with one attached hydrogen (secondary N) is 1. The highest BCUT2D eigenvalue weighted by molar-refractivity contribution is 5.78. The summed E-state index contributed by atoms with van der Waals surface area (Å²) in [5.41, 5.74) is 1.11. The molecule has 25 heavy (non-hydrogen) atoms. The summed E-state index contributed by atoms with van der Waals surface area (Å²) in [6, 6.07) is 4.62. The predicted molar refractivity (Wildman–Crippen MR) is 102 cm³/mol. The SMILES string of the molecule is CN(c1ncccc1CNC(=O)CN1CCCCC1)C1CCCCC1. The molecule has 5 heteroatoms. The molecule has 1 aliphatic heterocycles. The molecule has 2 aliphatic rings. The van der Waals surface area contributed by atoms with Gasteiger partial charge in [0, 0.05) is 31.4 Å². The fourth-order valence-corrected chi connectivity index (χ4v) is 4.10. The average molecular weight is 345 g/mol. The van der Waals surface area contributed by atoms with Crippen molar-refractivity contribution in [2.45, 2.75) is 64.0 Å². The number of rotatable bonds is 6. The maximum Gasteiger partial charge on any atom is 0.234 e. The third-order valence-corrected chi connectivity index (χ3v) is 5.62. The molecule has 1 amide bonds. The molecule has 2 heterocycles. The van der Waals surface area contributed by atoms with Crippen LogP contribution in [0.5, 0.6) is 0 Å². The lowest BCUT2D eigenvalue weighted by molar-refractivity contribution is -0.122. The van der Waals surface area contributed by atoms with Gasteiger partial charge in [0.25, 0.3) is 0 Å². The first-order valence-corrected chi connectivity index (χ1v) is 9.90. The fraction of sp³-hybridized carbons (Fsp3) is 0.700. The lowest BCUT2D eigenvalue weighted by Crippen LogP contribution is -2.40. The first kappa shape index (κ1) is 18.2. The van der Waals surface area contributed by atoms with Crippen molar-refractivity contribution in [3.05, 3.63) is 23.9 Å². The number of carbonyl (C=O) groups is 1. The van der Waals surface area contributed by atoms with Crippen molar-refractivity contribution in [1.29, 1.82) is 0 Å². The number of anilines is 1. The number of hydrogen-bond acceptors (Lipinski definition) is 4. The van der Waals surface area contributed by atoms with Gasteiger partial charge in [0.05, 0.1) is 6.54 Å². The molecule has 138 valence electrons. The Balaban J connectivity index is 1.55. The fourth-order valence-electron chi connectivity index (χ4n) is 4.10. The van der Waals surface area contributed by atoms with Crippen LogP contribution in [0.25, 0.3) is 0 Å². The molecule has 0 unspecified atom stereocenters. The standard InChI is InChI=1S/C20H32N4O/c1-23(18-10-4-2-5-11-18)20-17(9-8-12-21-20)15-22-19(25)16-24-13-6-3-7-14-24/h8-9,12,18H,2-7,10-11,13-16H2,1H3,(H,22,25). The van der Waals surface area contributed by atoms with Crippen LogP contribution >= 0.6 is 0 Å². The number of piperidine rings is 1. The second kappa shape index (κ2) is 9.18. The number of likely N-dealkylation sites (tertiary alicyclic amines) is 1. The summed E-state index contributed by atoms with van der Waals surface area (Å²) in [6.07, 6.45) is 12.0. The Morgan fingerprint density at radius 3 is 2.68 bits per heavy atom. The lowest BCUT2D eigenvalue weighted by atomic mass is 9.94. The summed E-state index contributed by atoms with van der Waals surface area (Å²) in [4.78, 5) is 21.5. The molecule has 1 aromatic heterocycles. The molecule has 0 radical (unpaired) electrons. The Hall–Kier alpha value is -1.62. The molecule has 1 aliphatic carbocycles. The third kappa shape index (κ3) is 5.18. The Morgan fingerprint density at radius 1 is 1.20 bits per heavy atom. The lowest BCUT2D eigenvalue weighted by Gasteiger charge is -2.33. The zero-order valence-electron chi connectivity index (χ0n) is 15.5. The van der Waals surface area contributed by atoms with E-state index in [9.17, 15) is 4.79 Å². The van der Waals surface area contributed by atoms with Crippen LogP contribution in [-0.2, 0) is 11.3 Å². The second-order valence-electron chi connectivity index (χ2n) is 7.50. The summed E-state index contributed by atoms with van der Waals surface area (Å²) in [5.74, 6) is 1.14. The minimum Gasteiger partial charge on any atom is -0.356 e. The largest absolute Gasteiger partial charge is 0.356 e. The second-order valence-corrected chi connectivity index (χ2v) is 7.50. The minimum absolute atomic E-state index is 0.122. The molecule has 5 nitrogen and oxygen atoms in total. The molecule has 1 saturated carbocycles. The quantitative estimate of drug-likeness (QED) is 0.862. The highest BCUT2D eigenvalue weighted by atomic mass is 16.2. The van der Waals surface area contributed by atoms with E-state index in [4.69, 9.17) is 0 Å². The average Bonchev–Trinajstić information content (AvgIpc) is 2.67. The van der Waals surface area contributed by atoms with Crippen LogP contribution in [0.1, 0.15) is 56.9 Å². The summed E-state index contributed by atoms with van der Waals surface area (Å²) < 4.78 is 0. The van der Waals surface area contributed by atoms with Crippen LogP contribution in [-0.4, -0.2) is 48.5 Å². The maximum absolute atomic E-state index is 12.3. The Morgan fingerprint density at radius 2 is 1.92 bits per heavy atom. The number of hydrogen-bond donors (Lipinski definition) is 1. The van der Waals surface area contributed by atoms with Crippen molar-refractivity contribution in [1.82, 2.24) is 15.2 Å². The van der Waals surface area contributed by atoms with Gasteiger partial charge in [-0.1, -0.05) is 31.7 Å². The van der Waals surface area contributed by atoms with Gasteiger partial charge in [0.2, 0.25) is 5.91 Å². The van der Waals surface area contributed by atoms with Crippen molar-refractivity contribution < 1.29 is 4.79 Å². The van der Waals surface area contributed by atoms with Crippen molar-refractivity contribution in [3.8, 4) is 0 Å². The van der Waals surface area contributed by atoms with Crippen LogP contribution in [0.4, 0.5) is 5.82 Å². The molecular weight excluding hydrogens is 312 g/mol. The van der Waals surface area contributed by atoms with Gasteiger partial charge in [-0.2, -0.15) is 0 Å². The molecule has 0 atom stereocenters. The van der Waals surface area contributed by atoms with Crippen LogP contribution in [0, 0.1) is 0 Å².